The van der Waals surface area contributed by atoms with Gasteiger partial charge in [-0.1, -0.05) is 30.5 Å². The van der Waals surface area contributed by atoms with Gasteiger partial charge >= 0.3 is 5.97 Å². The summed E-state index contributed by atoms with van der Waals surface area (Å²) in [7, 11) is 0. The van der Waals surface area contributed by atoms with Gasteiger partial charge in [0, 0.05) is 29.7 Å². The van der Waals surface area contributed by atoms with Crippen LogP contribution in [-0.2, 0) is 19.1 Å². The minimum atomic E-state index is -0.489. The lowest BCUT2D eigenvalue weighted by atomic mass is 10.1. The van der Waals surface area contributed by atoms with Gasteiger partial charge in [-0.25, -0.2) is 0 Å². The largest absolute Gasteiger partial charge is 0.455 e. The first-order valence-electron chi connectivity index (χ1n) is 8.96. The standard InChI is InChI=1S/C19H23ClN2O4/c1-12-15(20)7-4-8-16(12)21-17(23)11-26-19(25)13-9-18(24)22(10-13)14-5-2-3-6-14/h4,7-8,13-14H,2-3,5-6,9-11H2,1H3,(H,21,23)/t13-/m1/s1. The maximum absolute atomic E-state index is 12.2. The molecule has 3 rings (SSSR count). The fraction of sp³-hybridized carbons (Fsp3) is 0.526. The Bertz CT molecular complexity index is 715. The SMILES string of the molecule is Cc1c(Cl)cccc1NC(=O)COC(=O)[C@@H]1CC(=O)N(C2CCCC2)C1. The van der Waals surface area contributed by atoms with E-state index in [1.54, 1.807) is 25.1 Å². The molecule has 140 valence electrons. The molecule has 0 unspecified atom stereocenters. The van der Waals surface area contributed by atoms with Crippen molar-refractivity contribution in [2.24, 2.45) is 5.92 Å². The van der Waals surface area contributed by atoms with Crippen molar-refractivity contribution in [1.82, 2.24) is 4.90 Å². The Labute approximate surface area is 157 Å². The molecule has 2 amide bonds. The van der Waals surface area contributed by atoms with E-state index in [2.05, 4.69) is 5.32 Å². The van der Waals surface area contributed by atoms with Crippen molar-refractivity contribution in [3.63, 3.8) is 0 Å². The molecule has 2 fully saturated rings. The average molecular weight is 379 g/mol. The van der Waals surface area contributed by atoms with Crippen LogP contribution in [0.25, 0.3) is 0 Å². The number of halogens is 1. The molecule has 1 aromatic carbocycles. The van der Waals surface area contributed by atoms with Gasteiger partial charge in [-0.15, -0.1) is 0 Å². The molecule has 0 spiro atoms. The molecule has 0 bridgehead atoms. The number of nitrogens with zero attached hydrogens (tertiary/aromatic N) is 1. The number of likely N-dealkylation sites (tertiary alicyclic amines) is 1. The summed E-state index contributed by atoms with van der Waals surface area (Å²) >= 11 is 6.02. The highest BCUT2D eigenvalue weighted by Crippen LogP contribution is 2.30. The van der Waals surface area contributed by atoms with Crippen molar-refractivity contribution in [1.29, 1.82) is 0 Å². The lowest BCUT2D eigenvalue weighted by Gasteiger charge is -2.23. The number of amides is 2. The fourth-order valence-electron chi connectivity index (χ4n) is 3.64. The number of carbonyl (C=O) groups is 3. The zero-order valence-corrected chi connectivity index (χ0v) is 15.6. The van der Waals surface area contributed by atoms with Gasteiger partial charge in [0.05, 0.1) is 5.92 Å². The van der Waals surface area contributed by atoms with Crippen molar-refractivity contribution < 1.29 is 19.1 Å². The highest BCUT2D eigenvalue weighted by atomic mass is 35.5. The second-order valence-electron chi connectivity index (χ2n) is 6.95. The summed E-state index contributed by atoms with van der Waals surface area (Å²) in [6.07, 6.45) is 4.45. The van der Waals surface area contributed by atoms with Gasteiger partial charge in [0.15, 0.2) is 6.61 Å². The van der Waals surface area contributed by atoms with E-state index in [1.165, 1.54) is 0 Å². The topological polar surface area (TPSA) is 75.7 Å². The van der Waals surface area contributed by atoms with E-state index in [1.807, 2.05) is 4.90 Å². The zero-order chi connectivity index (χ0) is 18.7. The Hall–Kier alpha value is -2.08. The third-order valence-corrected chi connectivity index (χ3v) is 5.55. The minimum Gasteiger partial charge on any atom is -0.455 e. The molecule has 7 heteroatoms. The summed E-state index contributed by atoms with van der Waals surface area (Å²) in [5.74, 6) is -1.39. The maximum Gasteiger partial charge on any atom is 0.311 e. The molecule has 1 saturated heterocycles. The Balaban J connectivity index is 1.48. The number of rotatable bonds is 5. The van der Waals surface area contributed by atoms with Crippen LogP contribution < -0.4 is 5.32 Å². The Kier molecular flexibility index (Phi) is 5.81. The van der Waals surface area contributed by atoms with Crippen molar-refractivity contribution in [2.75, 3.05) is 18.5 Å². The Morgan fingerprint density at radius 2 is 2.04 bits per heavy atom. The minimum absolute atomic E-state index is 0.0119. The second kappa shape index (κ2) is 8.08. The Morgan fingerprint density at radius 1 is 1.31 bits per heavy atom. The number of hydrogen-bond acceptors (Lipinski definition) is 4. The number of esters is 1. The predicted molar refractivity (Wildman–Crippen MR) is 97.9 cm³/mol. The van der Waals surface area contributed by atoms with Crippen LogP contribution in [0.4, 0.5) is 5.69 Å². The number of nitrogens with one attached hydrogen (secondary N) is 1. The van der Waals surface area contributed by atoms with Crippen LogP contribution in [-0.4, -0.2) is 41.9 Å². The first-order chi connectivity index (χ1) is 12.5. The summed E-state index contributed by atoms with van der Waals surface area (Å²) in [6, 6.07) is 5.46. The van der Waals surface area contributed by atoms with Gasteiger partial charge in [-0.3, -0.25) is 14.4 Å². The third-order valence-electron chi connectivity index (χ3n) is 5.14. The summed E-state index contributed by atoms with van der Waals surface area (Å²) < 4.78 is 5.13. The molecular formula is C19H23ClN2O4. The lowest BCUT2D eigenvalue weighted by Crippen LogP contribution is -2.35. The van der Waals surface area contributed by atoms with E-state index in [9.17, 15) is 14.4 Å². The molecule has 0 radical (unpaired) electrons. The van der Waals surface area contributed by atoms with E-state index >= 15 is 0 Å². The summed E-state index contributed by atoms with van der Waals surface area (Å²) in [6.45, 7) is 1.82. The molecule has 1 saturated carbocycles. The van der Waals surface area contributed by atoms with Gasteiger partial charge in [0.25, 0.3) is 5.91 Å². The molecule has 0 aromatic heterocycles. The molecule has 1 N–H and O–H groups in total. The van der Waals surface area contributed by atoms with Crippen molar-refractivity contribution in [2.45, 2.75) is 45.1 Å². The van der Waals surface area contributed by atoms with E-state index in [0.29, 0.717) is 17.3 Å². The molecule has 1 aliphatic heterocycles. The van der Waals surface area contributed by atoms with E-state index in [4.69, 9.17) is 16.3 Å². The number of ether oxygens (including phenoxy) is 1. The van der Waals surface area contributed by atoms with Crippen LogP contribution in [0.1, 0.15) is 37.7 Å². The van der Waals surface area contributed by atoms with E-state index in [0.717, 1.165) is 31.2 Å². The number of benzene rings is 1. The van der Waals surface area contributed by atoms with Crippen LogP contribution in [0.15, 0.2) is 18.2 Å². The van der Waals surface area contributed by atoms with Crippen molar-refractivity contribution in [3.8, 4) is 0 Å². The molecule has 1 atom stereocenters. The van der Waals surface area contributed by atoms with Crippen LogP contribution >= 0.6 is 11.6 Å². The smallest absolute Gasteiger partial charge is 0.311 e. The van der Waals surface area contributed by atoms with Gasteiger partial charge in [0.1, 0.15) is 0 Å². The second-order valence-corrected chi connectivity index (χ2v) is 7.36. The monoisotopic (exact) mass is 378 g/mol. The van der Waals surface area contributed by atoms with Crippen LogP contribution in [0, 0.1) is 12.8 Å². The van der Waals surface area contributed by atoms with Crippen molar-refractivity contribution in [3.05, 3.63) is 28.8 Å². The highest BCUT2D eigenvalue weighted by molar-refractivity contribution is 6.31. The quantitative estimate of drug-likeness (QED) is 0.799. The van der Waals surface area contributed by atoms with Crippen LogP contribution in [0.3, 0.4) is 0 Å². The normalized spacial score (nSPS) is 20.5. The zero-order valence-electron chi connectivity index (χ0n) is 14.8. The summed E-state index contributed by atoms with van der Waals surface area (Å²) in [5.41, 5.74) is 1.34. The summed E-state index contributed by atoms with van der Waals surface area (Å²) in [4.78, 5) is 38.2. The first-order valence-corrected chi connectivity index (χ1v) is 9.34. The Morgan fingerprint density at radius 3 is 2.77 bits per heavy atom. The molecule has 6 nitrogen and oxygen atoms in total. The summed E-state index contributed by atoms with van der Waals surface area (Å²) in [5, 5.41) is 3.23. The number of anilines is 1. The first kappa shape index (κ1) is 18.7. The molecule has 2 aliphatic rings. The average Bonchev–Trinajstić information content (AvgIpc) is 3.26. The number of hydrogen-bond donors (Lipinski definition) is 1. The van der Waals surface area contributed by atoms with Crippen LogP contribution in [0.2, 0.25) is 5.02 Å². The molecule has 26 heavy (non-hydrogen) atoms. The highest BCUT2D eigenvalue weighted by Gasteiger charge is 2.39. The molecule has 1 aromatic rings. The van der Waals surface area contributed by atoms with Gasteiger partial charge in [0.2, 0.25) is 5.91 Å². The van der Waals surface area contributed by atoms with Gasteiger partial charge in [-0.05, 0) is 37.5 Å². The van der Waals surface area contributed by atoms with Crippen molar-refractivity contribution >= 4 is 35.1 Å². The van der Waals surface area contributed by atoms with E-state index in [-0.39, 0.29) is 25.0 Å². The fourth-order valence-corrected chi connectivity index (χ4v) is 3.82. The van der Waals surface area contributed by atoms with Crippen LogP contribution in [0.5, 0.6) is 0 Å². The van der Waals surface area contributed by atoms with E-state index < -0.39 is 17.8 Å². The lowest BCUT2D eigenvalue weighted by molar-refractivity contribution is -0.151. The number of carbonyl (C=O) groups excluding carboxylic acids is 3. The van der Waals surface area contributed by atoms with Gasteiger partial charge in [-0.2, -0.15) is 0 Å². The predicted octanol–water partition coefficient (Wildman–Crippen LogP) is 2.92. The maximum atomic E-state index is 12.2. The van der Waals surface area contributed by atoms with Gasteiger partial charge < -0.3 is 15.0 Å². The molecule has 1 heterocycles. The third kappa shape index (κ3) is 4.18. The molecular weight excluding hydrogens is 356 g/mol. The molecule has 1 aliphatic carbocycles.